The third-order valence-corrected chi connectivity index (χ3v) is 4.30. The van der Waals surface area contributed by atoms with Crippen LogP contribution in [-0.4, -0.2) is 38.3 Å². The minimum absolute atomic E-state index is 0. The molecule has 0 aromatic carbocycles. The van der Waals surface area contributed by atoms with E-state index in [1.54, 1.807) is 0 Å². The zero-order valence-electron chi connectivity index (χ0n) is 14.5. The standard InChI is InChI=1S/C12H24N2.C5H10O2.ClH/c1(11-3-7-13-8-4-11)2-12-5-9-14-10-6-12;1-5(2,3)7-4-6;/h11-14H,1-10H2;4H,1-3H3;1H. The van der Waals surface area contributed by atoms with E-state index in [2.05, 4.69) is 15.4 Å². The van der Waals surface area contributed by atoms with Gasteiger partial charge in [0.1, 0.15) is 5.60 Å². The highest BCUT2D eigenvalue weighted by molar-refractivity contribution is 5.85. The second kappa shape index (κ2) is 12.1. The molecule has 2 heterocycles. The van der Waals surface area contributed by atoms with Crippen LogP contribution in [-0.2, 0) is 9.53 Å². The Morgan fingerprint density at radius 2 is 1.27 bits per heavy atom. The highest BCUT2D eigenvalue weighted by Gasteiger charge is 2.17. The first-order valence-corrected chi connectivity index (χ1v) is 8.54. The van der Waals surface area contributed by atoms with Crippen LogP contribution in [0.3, 0.4) is 0 Å². The van der Waals surface area contributed by atoms with E-state index < -0.39 is 0 Å². The van der Waals surface area contributed by atoms with E-state index >= 15 is 0 Å². The fraction of sp³-hybridized carbons (Fsp3) is 0.941. The SMILES string of the molecule is C1CC(CCC2CCNCC2)CCN1.CC(C)(C)OC=O.Cl. The molecule has 2 aliphatic rings. The summed E-state index contributed by atoms with van der Waals surface area (Å²) in [6.45, 7) is 11.0. The molecule has 0 spiro atoms. The summed E-state index contributed by atoms with van der Waals surface area (Å²) in [5, 5.41) is 6.89. The molecule has 22 heavy (non-hydrogen) atoms. The molecule has 2 rings (SSSR count). The van der Waals surface area contributed by atoms with Crippen molar-refractivity contribution in [3.63, 3.8) is 0 Å². The van der Waals surface area contributed by atoms with E-state index in [9.17, 15) is 4.79 Å². The highest BCUT2D eigenvalue weighted by Crippen LogP contribution is 2.24. The summed E-state index contributed by atoms with van der Waals surface area (Å²) in [7, 11) is 0. The Morgan fingerprint density at radius 1 is 0.909 bits per heavy atom. The maximum Gasteiger partial charge on any atom is 0.293 e. The lowest BCUT2D eigenvalue weighted by Gasteiger charge is -2.27. The molecule has 0 amide bonds. The third kappa shape index (κ3) is 11.3. The molecule has 0 atom stereocenters. The zero-order chi connectivity index (χ0) is 15.6. The quantitative estimate of drug-likeness (QED) is 0.775. The van der Waals surface area contributed by atoms with Gasteiger partial charge in [0, 0.05) is 0 Å². The number of ether oxygens (including phenoxy) is 1. The molecule has 0 radical (unpaired) electrons. The van der Waals surface area contributed by atoms with Gasteiger partial charge in [-0.05, 0) is 84.5 Å². The number of carbonyl (C=O) groups excluding carboxylic acids is 1. The number of hydrogen-bond donors (Lipinski definition) is 2. The second-order valence-electron chi connectivity index (χ2n) is 7.29. The molecule has 0 aromatic heterocycles. The van der Waals surface area contributed by atoms with Gasteiger partial charge in [0.05, 0.1) is 0 Å². The van der Waals surface area contributed by atoms with Gasteiger partial charge in [0.15, 0.2) is 0 Å². The predicted octanol–water partition coefficient (Wildman–Crippen LogP) is 3.15. The van der Waals surface area contributed by atoms with Crippen molar-refractivity contribution in [2.24, 2.45) is 11.8 Å². The molecule has 0 aliphatic carbocycles. The summed E-state index contributed by atoms with van der Waals surface area (Å²) in [5.74, 6) is 2.07. The van der Waals surface area contributed by atoms with Gasteiger partial charge in [-0.25, -0.2) is 0 Å². The number of hydrogen-bond acceptors (Lipinski definition) is 4. The van der Waals surface area contributed by atoms with Crippen LogP contribution in [0.25, 0.3) is 0 Å². The summed E-state index contributed by atoms with van der Waals surface area (Å²) < 4.78 is 4.55. The van der Waals surface area contributed by atoms with Gasteiger partial charge in [-0.3, -0.25) is 4.79 Å². The van der Waals surface area contributed by atoms with Crippen LogP contribution < -0.4 is 10.6 Å². The van der Waals surface area contributed by atoms with Gasteiger partial charge in [-0.15, -0.1) is 12.4 Å². The Balaban J connectivity index is 0.000000478. The molecule has 132 valence electrons. The van der Waals surface area contributed by atoms with Crippen molar-refractivity contribution in [2.75, 3.05) is 26.2 Å². The Labute approximate surface area is 142 Å². The van der Waals surface area contributed by atoms with Gasteiger partial charge in [0.25, 0.3) is 6.47 Å². The average molecular weight is 335 g/mol. The van der Waals surface area contributed by atoms with Crippen LogP contribution in [0.5, 0.6) is 0 Å². The number of piperidine rings is 2. The number of rotatable bonds is 4. The Morgan fingerprint density at radius 3 is 1.50 bits per heavy atom. The lowest BCUT2D eigenvalue weighted by Crippen LogP contribution is -2.30. The fourth-order valence-corrected chi connectivity index (χ4v) is 2.96. The molecule has 2 aliphatic heterocycles. The first kappa shape index (κ1) is 21.7. The largest absolute Gasteiger partial charge is 0.462 e. The van der Waals surface area contributed by atoms with Gasteiger partial charge >= 0.3 is 0 Å². The molecule has 4 nitrogen and oxygen atoms in total. The van der Waals surface area contributed by atoms with Crippen LogP contribution in [0.1, 0.15) is 59.3 Å². The van der Waals surface area contributed by atoms with Crippen LogP contribution in [0.4, 0.5) is 0 Å². The predicted molar refractivity (Wildman–Crippen MR) is 94.6 cm³/mol. The van der Waals surface area contributed by atoms with E-state index in [0.717, 1.165) is 11.8 Å². The highest BCUT2D eigenvalue weighted by atomic mass is 35.5. The maximum absolute atomic E-state index is 9.60. The summed E-state index contributed by atoms with van der Waals surface area (Å²) in [5.41, 5.74) is -0.318. The van der Waals surface area contributed by atoms with E-state index in [-0.39, 0.29) is 18.0 Å². The van der Waals surface area contributed by atoms with Crippen molar-refractivity contribution in [3.8, 4) is 0 Å². The zero-order valence-corrected chi connectivity index (χ0v) is 15.3. The molecule has 0 bridgehead atoms. The van der Waals surface area contributed by atoms with E-state index in [4.69, 9.17) is 0 Å². The number of halogens is 1. The second-order valence-corrected chi connectivity index (χ2v) is 7.29. The molecule has 0 unspecified atom stereocenters. The van der Waals surface area contributed by atoms with Crippen molar-refractivity contribution in [2.45, 2.75) is 64.9 Å². The van der Waals surface area contributed by atoms with Crippen LogP contribution >= 0.6 is 12.4 Å². The summed E-state index contributed by atoms with van der Waals surface area (Å²) >= 11 is 0. The first-order valence-electron chi connectivity index (χ1n) is 8.54. The third-order valence-electron chi connectivity index (χ3n) is 4.30. The van der Waals surface area contributed by atoms with Crippen molar-refractivity contribution < 1.29 is 9.53 Å². The summed E-state index contributed by atoms with van der Waals surface area (Å²) in [6.07, 6.45) is 8.67. The molecular formula is C17H35ClN2O2. The molecule has 2 saturated heterocycles. The molecule has 5 heteroatoms. The molecule has 0 aromatic rings. The molecular weight excluding hydrogens is 300 g/mol. The van der Waals surface area contributed by atoms with E-state index in [0.29, 0.717) is 6.47 Å². The fourth-order valence-electron chi connectivity index (χ4n) is 2.96. The Hall–Kier alpha value is -0.320. The van der Waals surface area contributed by atoms with Crippen LogP contribution in [0.2, 0.25) is 0 Å². The summed E-state index contributed by atoms with van der Waals surface area (Å²) in [4.78, 5) is 9.60. The molecule has 0 saturated carbocycles. The molecule has 2 N–H and O–H groups in total. The minimum atomic E-state index is -0.318. The van der Waals surface area contributed by atoms with Gasteiger partial charge in [-0.2, -0.15) is 0 Å². The van der Waals surface area contributed by atoms with Gasteiger partial charge < -0.3 is 15.4 Å². The summed E-state index contributed by atoms with van der Waals surface area (Å²) in [6, 6.07) is 0. The average Bonchev–Trinajstić information content (AvgIpc) is 2.47. The smallest absolute Gasteiger partial charge is 0.293 e. The van der Waals surface area contributed by atoms with E-state index in [1.807, 2.05) is 20.8 Å². The lowest BCUT2D eigenvalue weighted by atomic mass is 9.86. The van der Waals surface area contributed by atoms with Crippen LogP contribution in [0.15, 0.2) is 0 Å². The van der Waals surface area contributed by atoms with Crippen molar-refractivity contribution in [3.05, 3.63) is 0 Å². The van der Waals surface area contributed by atoms with Gasteiger partial charge in [0.2, 0.25) is 0 Å². The number of nitrogens with one attached hydrogen (secondary N) is 2. The minimum Gasteiger partial charge on any atom is -0.462 e. The Kier molecular flexibility index (Phi) is 12.0. The van der Waals surface area contributed by atoms with Gasteiger partial charge in [-0.1, -0.05) is 12.8 Å². The van der Waals surface area contributed by atoms with Crippen LogP contribution in [0, 0.1) is 11.8 Å². The normalized spacial score (nSPS) is 20.3. The van der Waals surface area contributed by atoms with Crippen molar-refractivity contribution in [1.82, 2.24) is 10.6 Å². The topological polar surface area (TPSA) is 50.4 Å². The lowest BCUT2D eigenvalue weighted by molar-refractivity contribution is -0.138. The Bertz CT molecular complexity index is 252. The maximum atomic E-state index is 9.60. The monoisotopic (exact) mass is 334 g/mol. The molecule has 2 fully saturated rings. The first-order chi connectivity index (χ1) is 10.0. The van der Waals surface area contributed by atoms with Crippen molar-refractivity contribution >= 4 is 18.9 Å². The number of carbonyl (C=O) groups is 1. The van der Waals surface area contributed by atoms with Crippen molar-refractivity contribution in [1.29, 1.82) is 0 Å². The van der Waals surface area contributed by atoms with E-state index in [1.165, 1.54) is 64.7 Å².